The van der Waals surface area contributed by atoms with Gasteiger partial charge in [0.05, 0.1) is 20.1 Å². The fourth-order valence-corrected chi connectivity index (χ4v) is 2.13. The lowest BCUT2D eigenvalue weighted by Gasteiger charge is -2.09. The Morgan fingerprint density at radius 3 is 2.25 bits per heavy atom. The molecule has 128 valence electrons. The van der Waals surface area contributed by atoms with E-state index in [1.165, 1.54) is 0 Å². The highest BCUT2D eigenvalue weighted by Crippen LogP contribution is 2.16. The van der Waals surface area contributed by atoms with Gasteiger partial charge in [0.25, 0.3) is 0 Å². The van der Waals surface area contributed by atoms with Gasteiger partial charge < -0.3 is 19.5 Å². The van der Waals surface area contributed by atoms with Crippen molar-refractivity contribution in [2.75, 3.05) is 32.2 Å². The summed E-state index contributed by atoms with van der Waals surface area (Å²) in [7, 11) is 1.62. The molecule has 2 aromatic rings. The van der Waals surface area contributed by atoms with Crippen molar-refractivity contribution in [2.45, 2.75) is 13.3 Å². The highest BCUT2D eigenvalue weighted by atomic mass is 16.5. The molecule has 0 radical (unpaired) electrons. The number of rotatable bonds is 9. The Morgan fingerprint density at radius 2 is 1.62 bits per heavy atom. The quantitative estimate of drug-likeness (QED) is 0.717. The van der Waals surface area contributed by atoms with Gasteiger partial charge in [-0.3, -0.25) is 4.79 Å². The number of benzene rings is 2. The van der Waals surface area contributed by atoms with Crippen LogP contribution in [0.3, 0.4) is 0 Å². The first-order chi connectivity index (χ1) is 11.7. The second-order valence-electron chi connectivity index (χ2n) is 5.14. The van der Waals surface area contributed by atoms with Crippen LogP contribution in [0, 0.1) is 0 Å². The Hall–Kier alpha value is -2.53. The molecule has 0 aliphatic rings. The van der Waals surface area contributed by atoms with Crippen LogP contribution < -0.4 is 14.8 Å². The van der Waals surface area contributed by atoms with E-state index in [0.717, 1.165) is 22.7 Å². The maximum Gasteiger partial charge on any atom is 0.228 e. The van der Waals surface area contributed by atoms with Crippen molar-refractivity contribution in [3.05, 3.63) is 54.1 Å². The summed E-state index contributed by atoms with van der Waals surface area (Å²) in [6.07, 6.45) is 0.316. The first-order valence-corrected chi connectivity index (χ1v) is 7.94. The summed E-state index contributed by atoms with van der Waals surface area (Å²) in [6, 6.07) is 14.8. The van der Waals surface area contributed by atoms with E-state index in [1.54, 1.807) is 7.11 Å². The molecule has 0 saturated heterocycles. The zero-order valence-electron chi connectivity index (χ0n) is 14.1. The van der Waals surface area contributed by atoms with Crippen molar-refractivity contribution in [1.29, 1.82) is 0 Å². The predicted octanol–water partition coefficient (Wildman–Crippen LogP) is 3.29. The molecule has 5 heteroatoms. The van der Waals surface area contributed by atoms with Crippen LogP contribution in [0.15, 0.2) is 48.5 Å². The highest BCUT2D eigenvalue weighted by Gasteiger charge is 2.05. The molecular formula is C19H23NO4. The average Bonchev–Trinajstić information content (AvgIpc) is 2.61. The Balaban J connectivity index is 1.80. The van der Waals surface area contributed by atoms with Crippen LogP contribution in [0.25, 0.3) is 0 Å². The van der Waals surface area contributed by atoms with E-state index in [0.29, 0.717) is 26.2 Å². The number of carbonyl (C=O) groups excluding carboxylic acids is 1. The Kier molecular flexibility index (Phi) is 7.11. The van der Waals surface area contributed by atoms with E-state index < -0.39 is 0 Å². The molecule has 24 heavy (non-hydrogen) atoms. The van der Waals surface area contributed by atoms with E-state index in [1.807, 2.05) is 55.5 Å². The molecule has 1 N–H and O–H groups in total. The van der Waals surface area contributed by atoms with E-state index in [9.17, 15) is 4.79 Å². The fraction of sp³-hybridized carbons (Fsp3) is 0.316. The van der Waals surface area contributed by atoms with Crippen molar-refractivity contribution in [3.63, 3.8) is 0 Å². The number of hydrogen-bond donors (Lipinski definition) is 1. The number of hydrogen-bond acceptors (Lipinski definition) is 4. The molecule has 0 saturated carbocycles. The van der Waals surface area contributed by atoms with E-state index in [2.05, 4.69) is 5.32 Å². The van der Waals surface area contributed by atoms with Gasteiger partial charge in [0.2, 0.25) is 5.91 Å². The van der Waals surface area contributed by atoms with Gasteiger partial charge in [-0.1, -0.05) is 12.1 Å². The smallest absolute Gasteiger partial charge is 0.228 e. The molecule has 2 aromatic carbocycles. The predicted molar refractivity (Wildman–Crippen MR) is 93.8 cm³/mol. The minimum atomic E-state index is -0.0646. The second kappa shape index (κ2) is 9.57. The maximum absolute atomic E-state index is 12.1. The SMILES string of the molecule is CCOCCOc1ccc(NC(=O)Cc2ccc(OC)cc2)cc1. The molecule has 2 rings (SSSR count). The summed E-state index contributed by atoms with van der Waals surface area (Å²) >= 11 is 0. The number of carbonyl (C=O) groups is 1. The maximum atomic E-state index is 12.1. The lowest BCUT2D eigenvalue weighted by Crippen LogP contribution is -2.14. The molecule has 0 aromatic heterocycles. The Morgan fingerprint density at radius 1 is 0.958 bits per heavy atom. The van der Waals surface area contributed by atoms with Crippen LogP contribution in [0.4, 0.5) is 5.69 Å². The second-order valence-corrected chi connectivity index (χ2v) is 5.14. The van der Waals surface area contributed by atoms with Crippen molar-refractivity contribution < 1.29 is 19.0 Å². The minimum absolute atomic E-state index is 0.0646. The summed E-state index contributed by atoms with van der Waals surface area (Å²) < 4.78 is 15.9. The van der Waals surface area contributed by atoms with Crippen LogP contribution in [0.5, 0.6) is 11.5 Å². The number of methoxy groups -OCH3 is 1. The van der Waals surface area contributed by atoms with Crippen molar-refractivity contribution in [1.82, 2.24) is 0 Å². The summed E-state index contributed by atoms with van der Waals surface area (Å²) in [5.41, 5.74) is 1.68. The van der Waals surface area contributed by atoms with Crippen LogP contribution in [-0.4, -0.2) is 32.8 Å². The fourth-order valence-electron chi connectivity index (χ4n) is 2.13. The van der Waals surface area contributed by atoms with Gasteiger partial charge in [0.1, 0.15) is 18.1 Å². The average molecular weight is 329 g/mol. The first-order valence-electron chi connectivity index (χ1n) is 7.94. The molecule has 0 unspecified atom stereocenters. The van der Waals surface area contributed by atoms with Crippen molar-refractivity contribution in [2.24, 2.45) is 0 Å². The van der Waals surface area contributed by atoms with Crippen LogP contribution in [0.1, 0.15) is 12.5 Å². The Bertz CT molecular complexity index is 623. The molecule has 1 amide bonds. The van der Waals surface area contributed by atoms with Crippen LogP contribution in [-0.2, 0) is 16.0 Å². The van der Waals surface area contributed by atoms with Crippen molar-refractivity contribution >= 4 is 11.6 Å². The lowest BCUT2D eigenvalue weighted by atomic mass is 10.1. The number of ether oxygens (including phenoxy) is 3. The molecule has 0 aliphatic heterocycles. The lowest BCUT2D eigenvalue weighted by molar-refractivity contribution is -0.115. The molecule has 0 bridgehead atoms. The molecule has 5 nitrogen and oxygen atoms in total. The van der Waals surface area contributed by atoms with Crippen molar-refractivity contribution in [3.8, 4) is 11.5 Å². The molecular weight excluding hydrogens is 306 g/mol. The molecule has 0 heterocycles. The van der Waals surface area contributed by atoms with E-state index in [-0.39, 0.29) is 5.91 Å². The molecule has 0 spiro atoms. The van der Waals surface area contributed by atoms with Gasteiger partial charge >= 0.3 is 0 Å². The summed E-state index contributed by atoms with van der Waals surface area (Å²) in [4.78, 5) is 12.1. The van der Waals surface area contributed by atoms with Gasteiger partial charge in [0, 0.05) is 12.3 Å². The topological polar surface area (TPSA) is 56.8 Å². The summed E-state index contributed by atoms with van der Waals surface area (Å²) in [6.45, 7) is 3.71. The third kappa shape index (κ3) is 5.93. The van der Waals surface area contributed by atoms with Gasteiger partial charge in [-0.2, -0.15) is 0 Å². The summed E-state index contributed by atoms with van der Waals surface area (Å²) in [5, 5.41) is 2.87. The standard InChI is InChI=1S/C19H23NO4/c1-3-23-12-13-24-18-10-6-16(7-11-18)20-19(21)14-15-4-8-17(22-2)9-5-15/h4-11H,3,12-14H2,1-2H3,(H,20,21). The van der Waals surface area contributed by atoms with Gasteiger partial charge in [0.15, 0.2) is 0 Å². The van der Waals surface area contributed by atoms with Gasteiger partial charge in [-0.25, -0.2) is 0 Å². The highest BCUT2D eigenvalue weighted by molar-refractivity contribution is 5.92. The molecule has 0 atom stereocenters. The summed E-state index contributed by atoms with van der Waals surface area (Å²) in [5.74, 6) is 1.46. The van der Waals surface area contributed by atoms with Gasteiger partial charge in [-0.15, -0.1) is 0 Å². The third-order valence-electron chi connectivity index (χ3n) is 3.36. The zero-order chi connectivity index (χ0) is 17.2. The monoisotopic (exact) mass is 329 g/mol. The van der Waals surface area contributed by atoms with E-state index >= 15 is 0 Å². The third-order valence-corrected chi connectivity index (χ3v) is 3.36. The Labute approximate surface area is 142 Å². The van der Waals surface area contributed by atoms with Crippen LogP contribution in [0.2, 0.25) is 0 Å². The zero-order valence-corrected chi connectivity index (χ0v) is 14.1. The van der Waals surface area contributed by atoms with Gasteiger partial charge in [-0.05, 0) is 48.9 Å². The number of anilines is 1. The normalized spacial score (nSPS) is 10.2. The van der Waals surface area contributed by atoms with E-state index in [4.69, 9.17) is 14.2 Å². The largest absolute Gasteiger partial charge is 0.497 e. The molecule has 0 fully saturated rings. The minimum Gasteiger partial charge on any atom is -0.497 e. The van der Waals surface area contributed by atoms with Crippen LogP contribution >= 0.6 is 0 Å². The first kappa shape index (κ1) is 17.8. The molecule has 0 aliphatic carbocycles. The number of nitrogens with one attached hydrogen (secondary N) is 1. The number of amides is 1.